The van der Waals surface area contributed by atoms with Crippen LogP contribution in [0.1, 0.15) is 31.9 Å². The molecule has 1 fully saturated rings. The highest BCUT2D eigenvalue weighted by atomic mass is 32.2. The van der Waals surface area contributed by atoms with E-state index in [0.717, 1.165) is 54.4 Å². The number of carbonyl (C=O) groups is 1. The number of hydrogen-bond acceptors (Lipinski definition) is 6. The number of methoxy groups -OCH3 is 1. The molecule has 0 N–H and O–H groups in total. The van der Waals surface area contributed by atoms with Gasteiger partial charge in [0.25, 0.3) is 5.56 Å². The Morgan fingerprint density at radius 1 is 1.24 bits per heavy atom. The van der Waals surface area contributed by atoms with E-state index in [1.807, 2.05) is 29.2 Å². The van der Waals surface area contributed by atoms with Gasteiger partial charge in [-0.3, -0.25) is 14.2 Å². The van der Waals surface area contributed by atoms with Crippen LogP contribution in [0.5, 0.6) is 5.75 Å². The predicted molar refractivity (Wildman–Crippen MR) is 117 cm³/mol. The summed E-state index contributed by atoms with van der Waals surface area (Å²) in [6, 6.07) is 7.37. The van der Waals surface area contributed by atoms with E-state index in [4.69, 9.17) is 9.72 Å². The van der Waals surface area contributed by atoms with Crippen LogP contribution in [0.4, 0.5) is 0 Å². The molecule has 1 amide bonds. The summed E-state index contributed by atoms with van der Waals surface area (Å²) in [5, 5.41) is 0.920. The van der Waals surface area contributed by atoms with Gasteiger partial charge in [0, 0.05) is 24.8 Å². The molecule has 2 aromatic rings. The lowest BCUT2D eigenvalue weighted by Crippen LogP contribution is -2.37. The van der Waals surface area contributed by atoms with Crippen LogP contribution in [0.3, 0.4) is 0 Å². The van der Waals surface area contributed by atoms with Crippen LogP contribution >= 0.6 is 23.5 Å². The monoisotopic (exact) mass is 431 g/mol. The van der Waals surface area contributed by atoms with Crippen molar-refractivity contribution in [2.24, 2.45) is 0 Å². The van der Waals surface area contributed by atoms with Gasteiger partial charge in [-0.2, -0.15) is 0 Å². The molecule has 0 spiro atoms. The third-order valence-electron chi connectivity index (χ3n) is 5.25. The van der Waals surface area contributed by atoms with Gasteiger partial charge in [-0.15, -0.1) is 11.8 Å². The molecule has 2 aliphatic heterocycles. The molecule has 29 heavy (non-hydrogen) atoms. The Kier molecular flexibility index (Phi) is 6.20. The zero-order chi connectivity index (χ0) is 20.4. The summed E-state index contributed by atoms with van der Waals surface area (Å²) < 4.78 is 6.87. The van der Waals surface area contributed by atoms with Gasteiger partial charge < -0.3 is 9.64 Å². The molecule has 0 aliphatic carbocycles. The third kappa shape index (κ3) is 4.33. The molecule has 1 saturated heterocycles. The number of thioether (sulfide) groups is 2. The lowest BCUT2D eigenvalue weighted by Gasteiger charge is -2.26. The fourth-order valence-electron chi connectivity index (χ4n) is 3.72. The normalized spacial score (nSPS) is 18.6. The number of nitrogens with zero attached hydrogens (tertiary/aromatic N) is 3. The van der Waals surface area contributed by atoms with Crippen molar-refractivity contribution in [3.05, 3.63) is 40.3 Å². The highest BCUT2D eigenvalue weighted by Gasteiger charge is 2.27. The summed E-state index contributed by atoms with van der Waals surface area (Å²) in [4.78, 5) is 33.4. The summed E-state index contributed by atoms with van der Waals surface area (Å²) in [5.74, 6) is 1.14. The first-order chi connectivity index (χ1) is 14.1. The number of ether oxygens (including phenoxy) is 1. The van der Waals surface area contributed by atoms with Crippen molar-refractivity contribution in [1.82, 2.24) is 14.5 Å². The number of carbonyl (C=O) groups excluding carboxylic acids is 1. The second-order valence-electron chi connectivity index (χ2n) is 7.37. The van der Waals surface area contributed by atoms with Gasteiger partial charge >= 0.3 is 0 Å². The average molecular weight is 432 g/mol. The Hall–Kier alpha value is -1.93. The van der Waals surface area contributed by atoms with Crippen LogP contribution in [0, 0.1) is 0 Å². The average Bonchev–Trinajstić information content (AvgIpc) is 3.13. The van der Waals surface area contributed by atoms with Crippen molar-refractivity contribution in [3.8, 4) is 11.4 Å². The first-order valence-corrected chi connectivity index (χ1v) is 11.8. The van der Waals surface area contributed by atoms with E-state index >= 15 is 0 Å². The Labute approximate surface area is 179 Å². The predicted octanol–water partition coefficient (Wildman–Crippen LogP) is 3.38. The number of rotatable bonds is 5. The van der Waals surface area contributed by atoms with Gasteiger partial charge in [0.15, 0.2) is 5.16 Å². The molecular formula is C21H25N3O3S2. The quantitative estimate of drug-likeness (QED) is 0.534. The molecule has 3 heterocycles. The van der Waals surface area contributed by atoms with Crippen molar-refractivity contribution in [1.29, 1.82) is 0 Å². The largest absolute Gasteiger partial charge is 0.497 e. The molecule has 2 aliphatic rings. The van der Waals surface area contributed by atoms with E-state index in [1.165, 1.54) is 18.2 Å². The van der Waals surface area contributed by atoms with Crippen molar-refractivity contribution in [2.75, 3.05) is 26.0 Å². The minimum atomic E-state index is -0.0533. The van der Waals surface area contributed by atoms with Gasteiger partial charge in [-0.05, 0) is 43.5 Å². The molecular weight excluding hydrogens is 406 g/mol. The van der Waals surface area contributed by atoms with E-state index < -0.39 is 0 Å². The molecule has 0 saturated carbocycles. The van der Waals surface area contributed by atoms with Crippen LogP contribution in [0.25, 0.3) is 5.69 Å². The van der Waals surface area contributed by atoms with Gasteiger partial charge in [-0.25, -0.2) is 4.98 Å². The van der Waals surface area contributed by atoms with Crippen molar-refractivity contribution >= 4 is 29.4 Å². The lowest BCUT2D eigenvalue weighted by atomic mass is 10.1. The van der Waals surface area contributed by atoms with Gasteiger partial charge in [0.1, 0.15) is 5.75 Å². The Morgan fingerprint density at radius 3 is 2.66 bits per heavy atom. The van der Waals surface area contributed by atoms with Gasteiger partial charge in [0.05, 0.1) is 29.1 Å². The van der Waals surface area contributed by atoms with E-state index in [2.05, 4.69) is 6.92 Å². The molecule has 154 valence electrons. The summed E-state index contributed by atoms with van der Waals surface area (Å²) in [6.45, 7) is 3.77. The van der Waals surface area contributed by atoms with E-state index in [9.17, 15) is 9.59 Å². The number of piperidine rings is 1. The van der Waals surface area contributed by atoms with Crippen molar-refractivity contribution in [2.45, 2.75) is 47.9 Å². The SMILES string of the molecule is COc1ccc(-n2c(SCC(=O)N3CCCCC3)nc3c(c2=O)S[C@@H](C)C3)cc1. The highest BCUT2D eigenvalue weighted by molar-refractivity contribution is 8.00. The van der Waals surface area contributed by atoms with Crippen LogP contribution in [-0.2, 0) is 11.2 Å². The Balaban J connectivity index is 1.66. The fourth-order valence-corrected chi connectivity index (χ4v) is 5.74. The first-order valence-electron chi connectivity index (χ1n) is 9.94. The summed E-state index contributed by atoms with van der Waals surface area (Å²) >= 11 is 2.94. The highest BCUT2D eigenvalue weighted by Crippen LogP contribution is 2.35. The minimum absolute atomic E-state index is 0.0533. The van der Waals surface area contributed by atoms with Crippen molar-refractivity contribution < 1.29 is 9.53 Å². The zero-order valence-electron chi connectivity index (χ0n) is 16.7. The van der Waals surface area contributed by atoms with Crippen molar-refractivity contribution in [3.63, 3.8) is 0 Å². The van der Waals surface area contributed by atoms with Crippen LogP contribution in [0.2, 0.25) is 0 Å². The number of amides is 1. The zero-order valence-corrected chi connectivity index (χ0v) is 18.4. The molecule has 8 heteroatoms. The first kappa shape index (κ1) is 20.3. The fraction of sp³-hybridized carbons (Fsp3) is 0.476. The number of likely N-dealkylation sites (tertiary alicyclic amines) is 1. The summed E-state index contributed by atoms with van der Waals surface area (Å²) in [6.07, 6.45) is 4.11. The second kappa shape index (κ2) is 8.83. The van der Waals surface area contributed by atoms with Crippen LogP contribution in [0.15, 0.2) is 39.1 Å². The van der Waals surface area contributed by atoms with E-state index in [1.54, 1.807) is 23.4 Å². The minimum Gasteiger partial charge on any atom is -0.497 e. The molecule has 1 aromatic carbocycles. The third-order valence-corrected chi connectivity index (χ3v) is 7.38. The maximum atomic E-state index is 13.3. The smallest absolute Gasteiger partial charge is 0.272 e. The number of fused-ring (bicyclic) bond motifs is 1. The molecule has 1 aromatic heterocycles. The maximum absolute atomic E-state index is 13.3. The van der Waals surface area contributed by atoms with E-state index in [0.29, 0.717) is 16.2 Å². The summed E-state index contributed by atoms with van der Waals surface area (Å²) in [7, 11) is 1.61. The molecule has 4 rings (SSSR count). The molecule has 0 unspecified atom stereocenters. The standard InChI is InChI=1S/C21H25N3O3S2/c1-14-12-17-19(29-14)20(26)24(15-6-8-16(27-2)9-7-15)21(22-17)28-13-18(25)23-10-4-3-5-11-23/h6-9,14H,3-5,10-13H2,1-2H3/t14-/m0/s1. The van der Waals surface area contributed by atoms with Crippen LogP contribution in [-0.4, -0.2) is 51.6 Å². The molecule has 0 bridgehead atoms. The van der Waals surface area contributed by atoms with Crippen LogP contribution < -0.4 is 10.3 Å². The summed E-state index contributed by atoms with van der Waals surface area (Å²) in [5.41, 5.74) is 1.53. The maximum Gasteiger partial charge on any atom is 0.272 e. The van der Waals surface area contributed by atoms with E-state index in [-0.39, 0.29) is 11.5 Å². The van der Waals surface area contributed by atoms with Gasteiger partial charge in [-0.1, -0.05) is 18.7 Å². The van der Waals surface area contributed by atoms with Gasteiger partial charge in [0.2, 0.25) is 5.91 Å². The lowest BCUT2D eigenvalue weighted by molar-refractivity contribution is -0.129. The number of hydrogen-bond donors (Lipinski definition) is 0. The molecule has 6 nitrogen and oxygen atoms in total. The second-order valence-corrected chi connectivity index (χ2v) is 9.76. The number of benzene rings is 1. The topological polar surface area (TPSA) is 64.4 Å². The Morgan fingerprint density at radius 2 is 1.97 bits per heavy atom. The molecule has 1 atom stereocenters. The molecule has 0 radical (unpaired) electrons. The number of aromatic nitrogens is 2. The Bertz CT molecular complexity index is 953.